The first-order valence-corrected chi connectivity index (χ1v) is 4.73. The van der Waals surface area contributed by atoms with Gasteiger partial charge in [-0.15, -0.1) is 5.10 Å². The van der Waals surface area contributed by atoms with Gasteiger partial charge in [0, 0.05) is 13.1 Å². The molecule has 0 aliphatic rings. The number of hydrogen-bond donors (Lipinski definition) is 3. The van der Waals surface area contributed by atoms with Crippen LogP contribution in [0.2, 0.25) is 0 Å². The number of carboxylic acids is 1. The van der Waals surface area contributed by atoms with Crippen LogP contribution in [0, 0.1) is 0 Å². The molecule has 16 heavy (non-hydrogen) atoms. The van der Waals surface area contributed by atoms with Crippen LogP contribution in [0.5, 0.6) is 0 Å². The van der Waals surface area contributed by atoms with Gasteiger partial charge in [-0.2, -0.15) is 0 Å². The van der Waals surface area contributed by atoms with E-state index in [2.05, 4.69) is 15.6 Å². The van der Waals surface area contributed by atoms with Crippen molar-refractivity contribution < 1.29 is 14.7 Å². The first-order chi connectivity index (χ1) is 7.63. The molecular formula is C8H13N5O3. The Kier molecular flexibility index (Phi) is 4.40. The van der Waals surface area contributed by atoms with Crippen LogP contribution in [0.1, 0.15) is 16.9 Å². The van der Waals surface area contributed by atoms with Crippen molar-refractivity contribution in [3.63, 3.8) is 0 Å². The predicted molar refractivity (Wildman–Crippen MR) is 53.7 cm³/mol. The highest BCUT2D eigenvalue weighted by Crippen LogP contribution is 1.92. The van der Waals surface area contributed by atoms with Gasteiger partial charge >= 0.3 is 5.97 Å². The summed E-state index contributed by atoms with van der Waals surface area (Å²) in [6.07, 6.45) is 1.34. The summed E-state index contributed by atoms with van der Waals surface area (Å²) in [5, 5.41) is 18.1. The second kappa shape index (κ2) is 5.81. The first kappa shape index (κ1) is 12.1. The number of nitrogens with one attached hydrogen (secondary N) is 1. The second-order valence-corrected chi connectivity index (χ2v) is 3.06. The molecule has 0 radical (unpaired) electrons. The zero-order valence-electron chi connectivity index (χ0n) is 8.59. The highest BCUT2D eigenvalue weighted by molar-refractivity contribution is 5.92. The Bertz CT molecular complexity index is 376. The van der Waals surface area contributed by atoms with E-state index in [1.165, 1.54) is 10.9 Å². The Morgan fingerprint density at radius 2 is 2.31 bits per heavy atom. The molecule has 0 atom stereocenters. The molecule has 0 aliphatic carbocycles. The summed E-state index contributed by atoms with van der Waals surface area (Å²) >= 11 is 0. The van der Waals surface area contributed by atoms with Gasteiger partial charge < -0.3 is 16.2 Å². The number of hydrogen-bond acceptors (Lipinski definition) is 5. The molecule has 88 valence electrons. The van der Waals surface area contributed by atoms with E-state index in [0.717, 1.165) is 0 Å². The maximum atomic E-state index is 11.4. The van der Waals surface area contributed by atoms with E-state index < -0.39 is 11.9 Å². The molecule has 4 N–H and O–H groups in total. The van der Waals surface area contributed by atoms with Crippen molar-refractivity contribution in [2.45, 2.75) is 13.0 Å². The van der Waals surface area contributed by atoms with Gasteiger partial charge in [-0.1, -0.05) is 5.21 Å². The molecular weight excluding hydrogens is 214 g/mol. The summed E-state index contributed by atoms with van der Waals surface area (Å²) in [5.41, 5.74) is 5.46. The molecule has 0 unspecified atom stereocenters. The summed E-state index contributed by atoms with van der Waals surface area (Å²) < 4.78 is 1.45. The zero-order valence-corrected chi connectivity index (χ0v) is 8.59. The van der Waals surface area contributed by atoms with Gasteiger partial charge in [0.25, 0.3) is 5.91 Å². The van der Waals surface area contributed by atoms with E-state index in [9.17, 15) is 9.59 Å². The van der Waals surface area contributed by atoms with E-state index >= 15 is 0 Å². The maximum absolute atomic E-state index is 11.4. The number of rotatable bonds is 6. The summed E-state index contributed by atoms with van der Waals surface area (Å²) in [6.45, 7) is 0.955. The van der Waals surface area contributed by atoms with Gasteiger partial charge in [-0.3, -0.25) is 14.3 Å². The van der Waals surface area contributed by atoms with Crippen LogP contribution in [-0.4, -0.2) is 45.1 Å². The van der Waals surface area contributed by atoms with Gasteiger partial charge in [0.15, 0.2) is 5.69 Å². The lowest BCUT2D eigenvalue weighted by molar-refractivity contribution is -0.136. The predicted octanol–water partition coefficient (Wildman–Crippen LogP) is -1.56. The average Bonchev–Trinajstić information content (AvgIpc) is 2.66. The van der Waals surface area contributed by atoms with Gasteiger partial charge in [0.2, 0.25) is 0 Å². The minimum atomic E-state index is -0.966. The average molecular weight is 227 g/mol. The quantitative estimate of drug-likeness (QED) is 0.540. The molecule has 1 amide bonds. The number of aliphatic carboxylic acids is 1. The largest absolute Gasteiger partial charge is 0.481 e. The summed E-state index contributed by atoms with van der Waals surface area (Å²) in [5.74, 6) is -1.41. The van der Waals surface area contributed by atoms with Crippen LogP contribution in [0.4, 0.5) is 0 Å². The van der Waals surface area contributed by atoms with Crippen molar-refractivity contribution in [3.8, 4) is 0 Å². The molecule has 0 spiro atoms. The number of carboxylic acid groups (broad SMARTS) is 1. The Balaban J connectivity index is 2.43. The highest BCUT2D eigenvalue weighted by atomic mass is 16.4. The maximum Gasteiger partial charge on any atom is 0.305 e. The van der Waals surface area contributed by atoms with E-state index in [-0.39, 0.29) is 18.7 Å². The van der Waals surface area contributed by atoms with Crippen molar-refractivity contribution in [1.29, 1.82) is 0 Å². The molecule has 1 rings (SSSR count). The van der Waals surface area contributed by atoms with Crippen LogP contribution >= 0.6 is 0 Å². The van der Waals surface area contributed by atoms with E-state index in [0.29, 0.717) is 13.1 Å². The number of nitrogens with two attached hydrogens (primary N) is 1. The summed E-state index contributed by atoms with van der Waals surface area (Å²) in [4.78, 5) is 21.6. The van der Waals surface area contributed by atoms with Crippen LogP contribution < -0.4 is 11.1 Å². The monoisotopic (exact) mass is 227 g/mol. The molecule has 0 bridgehead atoms. The van der Waals surface area contributed by atoms with Gasteiger partial charge in [0.1, 0.15) is 0 Å². The standard InChI is InChI=1S/C8H13N5O3/c9-2-4-13-5-6(11-12-13)8(16)10-3-1-7(14)15/h5H,1-4,9H2,(H,10,16)(H,14,15). The molecule has 0 aromatic carbocycles. The van der Waals surface area contributed by atoms with Crippen LogP contribution in [-0.2, 0) is 11.3 Å². The lowest BCUT2D eigenvalue weighted by Crippen LogP contribution is -2.26. The Labute approximate surface area is 91.4 Å². The van der Waals surface area contributed by atoms with Gasteiger partial charge in [0.05, 0.1) is 19.2 Å². The molecule has 0 saturated heterocycles. The lowest BCUT2D eigenvalue weighted by Gasteiger charge is -1.98. The first-order valence-electron chi connectivity index (χ1n) is 4.73. The Morgan fingerprint density at radius 1 is 1.56 bits per heavy atom. The van der Waals surface area contributed by atoms with Gasteiger partial charge in [-0.25, -0.2) is 0 Å². The number of carbonyl (C=O) groups excluding carboxylic acids is 1. The number of nitrogens with zero attached hydrogens (tertiary/aromatic N) is 3. The van der Waals surface area contributed by atoms with E-state index in [1.54, 1.807) is 0 Å². The highest BCUT2D eigenvalue weighted by Gasteiger charge is 2.10. The number of amides is 1. The SMILES string of the molecule is NCCn1cc(C(=O)NCCC(=O)O)nn1. The summed E-state index contributed by atoms with van der Waals surface area (Å²) in [7, 11) is 0. The molecule has 0 aliphatic heterocycles. The molecule has 0 saturated carbocycles. The number of aromatic nitrogens is 3. The van der Waals surface area contributed by atoms with Crippen molar-refractivity contribution >= 4 is 11.9 Å². The van der Waals surface area contributed by atoms with Crippen LogP contribution in [0.3, 0.4) is 0 Å². The van der Waals surface area contributed by atoms with E-state index in [4.69, 9.17) is 10.8 Å². The fourth-order valence-corrected chi connectivity index (χ4v) is 1.02. The van der Waals surface area contributed by atoms with Crippen molar-refractivity contribution in [2.75, 3.05) is 13.1 Å². The minimum absolute atomic E-state index is 0.0674. The normalized spacial score (nSPS) is 10.1. The van der Waals surface area contributed by atoms with Crippen LogP contribution in [0.25, 0.3) is 0 Å². The molecule has 1 aromatic rings. The summed E-state index contributed by atoms with van der Waals surface area (Å²) in [6, 6.07) is 0. The molecule has 0 fully saturated rings. The molecule has 1 heterocycles. The van der Waals surface area contributed by atoms with E-state index in [1.807, 2.05) is 0 Å². The van der Waals surface area contributed by atoms with Crippen molar-refractivity contribution in [2.24, 2.45) is 5.73 Å². The Morgan fingerprint density at radius 3 is 2.94 bits per heavy atom. The molecule has 8 nitrogen and oxygen atoms in total. The van der Waals surface area contributed by atoms with Crippen molar-refractivity contribution in [3.05, 3.63) is 11.9 Å². The van der Waals surface area contributed by atoms with Crippen LogP contribution in [0.15, 0.2) is 6.20 Å². The second-order valence-electron chi connectivity index (χ2n) is 3.06. The minimum Gasteiger partial charge on any atom is -0.481 e. The third kappa shape index (κ3) is 3.65. The lowest BCUT2D eigenvalue weighted by atomic mass is 10.4. The Hall–Kier alpha value is -1.96. The topological polar surface area (TPSA) is 123 Å². The fourth-order valence-electron chi connectivity index (χ4n) is 1.02. The molecule has 1 aromatic heterocycles. The third-order valence-corrected chi connectivity index (χ3v) is 1.75. The number of carbonyl (C=O) groups is 2. The fraction of sp³-hybridized carbons (Fsp3) is 0.500. The third-order valence-electron chi connectivity index (χ3n) is 1.75. The van der Waals surface area contributed by atoms with Gasteiger partial charge in [-0.05, 0) is 0 Å². The molecule has 8 heteroatoms. The smallest absolute Gasteiger partial charge is 0.305 e. The van der Waals surface area contributed by atoms with Crippen molar-refractivity contribution in [1.82, 2.24) is 20.3 Å². The zero-order chi connectivity index (χ0) is 12.0.